The minimum absolute atomic E-state index is 0.0958. The zero-order valence-electron chi connectivity index (χ0n) is 7.72. The molecule has 0 aromatic rings. The molecule has 0 aromatic heterocycles. The van der Waals surface area contributed by atoms with Crippen LogP contribution in [0.1, 0.15) is 6.92 Å². The number of rotatable bonds is 6. The molecule has 0 spiro atoms. The van der Waals surface area contributed by atoms with Crippen molar-refractivity contribution in [2.24, 2.45) is 0 Å². The predicted octanol–water partition coefficient (Wildman–Crippen LogP) is -2.52. The predicted molar refractivity (Wildman–Crippen MR) is 46.2 cm³/mol. The largest absolute Gasteiger partial charge is 0.397 e. The third-order valence-corrected chi connectivity index (χ3v) is 2.01. The summed E-state index contributed by atoms with van der Waals surface area (Å²) in [7, 11) is -4.95. The molecule has 0 radical (unpaired) electrons. The van der Waals surface area contributed by atoms with Crippen molar-refractivity contribution < 1.29 is 37.3 Å². The zero-order valence-corrected chi connectivity index (χ0v) is 8.53. The van der Waals surface area contributed by atoms with Crippen molar-refractivity contribution in [2.45, 2.75) is 31.3 Å². The van der Waals surface area contributed by atoms with E-state index in [2.05, 4.69) is 4.18 Å². The molecule has 0 unspecified atom stereocenters. The molecule has 90 valence electrons. The van der Waals surface area contributed by atoms with E-state index in [4.69, 9.17) is 14.8 Å². The van der Waals surface area contributed by atoms with E-state index in [0.29, 0.717) is 0 Å². The molecular weight excluding hydrogens is 232 g/mol. The van der Waals surface area contributed by atoms with Crippen molar-refractivity contribution in [3.05, 3.63) is 0 Å². The lowest BCUT2D eigenvalue weighted by Gasteiger charge is -2.24. The molecule has 0 saturated carbocycles. The fourth-order valence-electron chi connectivity index (χ4n) is 0.808. The van der Waals surface area contributed by atoms with Crippen LogP contribution in [-0.4, -0.2) is 59.0 Å². The van der Waals surface area contributed by atoms with E-state index in [-0.39, 0.29) is 6.29 Å². The number of aldehydes is 1. The van der Waals surface area contributed by atoms with Crippen LogP contribution in [0.15, 0.2) is 0 Å². The summed E-state index contributed by atoms with van der Waals surface area (Å²) in [4.78, 5) is 10.2. The van der Waals surface area contributed by atoms with Crippen molar-refractivity contribution in [3.8, 4) is 0 Å². The minimum atomic E-state index is -4.95. The molecule has 0 saturated heterocycles. The quantitative estimate of drug-likeness (QED) is 0.296. The molecule has 8 nitrogen and oxygen atoms in total. The zero-order chi connectivity index (χ0) is 12.2. The van der Waals surface area contributed by atoms with Crippen molar-refractivity contribution in [1.29, 1.82) is 0 Å². The molecule has 0 aromatic carbocycles. The van der Waals surface area contributed by atoms with Crippen LogP contribution in [0.4, 0.5) is 0 Å². The molecule has 9 heteroatoms. The van der Waals surface area contributed by atoms with Gasteiger partial charge in [0.15, 0.2) is 6.29 Å². The summed E-state index contributed by atoms with van der Waals surface area (Å²) in [6, 6.07) is 0. The van der Waals surface area contributed by atoms with E-state index in [1.807, 2.05) is 0 Å². The lowest BCUT2D eigenvalue weighted by molar-refractivity contribution is -0.128. The fourth-order valence-corrected chi connectivity index (χ4v) is 1.32. The molecular formula is C6H12O8S. The maximum absolute atomic E-state index is 10.3. The first-order valence-corrected chi connectivity index (χ1v) is 5.20. The topological polar surface area (TPSA) is 141 Å². The summed E-state index contributed by atoms with van der Waals surface area (Å²) in [5.74, 6) is 0. The van der Waals surface area contributed by atoms with Gasteiger partial charge in [0.25, 0.3) is 0 Å². The second-order valence-electron chi connectivity index (χ2n) is 2.85. The minimum Gasteiger partial charge on any atom is -0.391 e. The normalized spacial score (nSPS) is 20.3. The molecule has 0 amide bonds. The third-order valence-electron chi connectivity index (χ3n) is 1.54. The Bertz CT molecular complexity index is 296. The van der Waals surface area contributed by atoms with Crippen LogP contribution < -0.4 is 0 Å². The Kier molecular flexibility index (Phi) is 5.28. The summed E-state index contributed by atoms with van der Waals surface area (Å²) >= 11 is 0. The van der Waals surface area contributed by atoms with Gasteiger partial charge in [-0.3, -0.25) is 4.55 Å². The van der Waals surface area contributed by atoms with Crippen LogP contribution in [0.25, 0.3) is 0 Å². The molecule has 0 aliphatic heterocycles. The van der Waals surface area contributed by atoms with Gasteiger partial charge in [0.1, 0.15) is 18.3 Å². The maximum atomic E-state index is 10.3. The number of hydrogen-bond donors (Lipinski definition) is 4. The van der Waals surface area contributed by atoms with Crippen LogP contribution in [0.3, 0.4) is 0 Å². The number of aliphatic hydroxyl groups excluding tert-OH is 3. The number of hydrogen-bond acceptors (Lipinski definition) is 7. The van der Waals surface area contributed by atoms with E-state index >= 15 is 0 Å². The smallest absolute Gasteiger partial charge is 0.391 e. The van der Waals surface area contributed by atoms with Crippen LogP contribution >= 0.6 is 0 Å². The molecule has 0 heterocycles. The third kappa shape index (κ3) is 5.16. The number of carbonyl (C=O) groups excluding carboxylic acids is 1. The summed E-state index contributed by atoms with van der Waals surface area (Å²) in [5.41, 5.74) is 0. The van der Waals surface area contributed by atoms with Crippen LogP contribution in [0.2, 0.25) is 0 Å². The summed E-state index contributed by atoms with van der Waals surface area (Å²) < 4.78 is 32.7. The molecule has 0 aliphatic carbocycles. The van der Waals surface area contributed by atoms with E-state index in [0.717, 1.165) is 6.92 Å². The average molecular weight is 244 g/mol. The Balaban J connectivity index is 4.81. The van der Waals surface area contributed by atoms with E-state index < -0.39 is 34.8 Å². The van der Waals surface area contributed by atoms with Crippen LogP contribution in [0, 0.1) is 0 Å². The lowest BCUT2D eigenvalue weighted by atomic mass is 10.1. The number of carbonyl (C=O) groups is 1. The van der Waals surface area contributed by atoms with Crippen LogP contribution in [-0.2, 0) is 19.4 Å². The van der Waals surface area contributed by atoms with Crippen molar-refractivity contribution >= 4 is 16.7 Å². The van der Waals surface area contributed by atoms with Gasteiger partial charge in [-0.1, -0.05) is 0 Å². The Hall–Kier alpha value is -0.580. The first-order chi connectivity index (χ1) is 6.69. The Morgan fingerprint density at radius 3 is 2.00 bits per heavy atom. The lowest BCUT2D eigenvalue weighted by Crippen LogP contribution is -2.46. The van der Waals surface area contributed by atoms with Gasteiger partial charge in [0, 0.05) is 0 Å². The van der Waals surface area contributed by atoms with Gasteiger partial charge in [-0.25, -0.2) is 4.18 Å². The summed E-state index contributed by atoms with van der Waals surface area (Å²) in [6.07, 6.45) is -7.34. The van der Waals surface area contributed by atoms with Crippen molar-refractivity contribution in [2.75, 3.05) is 0 Å². The second kappa shape index (κ2) is 5.49. The highest BCUT2D eigenvalue weighted by Crippen LogP contribution is 2.10. The number of aliphatic hydroxyl groups is 3. The molecule has 4 atom stereocenters. The van der Waals surface area contributed by atoms with Gasteiger partial charge < -0.3 is 20.1 Å². The highest BCUT2D eigenvalue weighted by molar-refractivity contribution is 7.80. The highest BCUT2D eigenvalue weighted by atomic mass is 32.3. The Labute approximate surface area is 86.1 Å². The average Bonchev–Trinajstić information content (AvgIpc) is 2.10. The molecule has 0 rings (SSSR count). The van der Waals surface area contributed by atoms with Gasteiger partial charge in [0.2, 0.25) is 0 Å². The SMILES string of the molecule is C[C@H](O)[C@@H](O)[C@@H](OS(=O)(=O)O)[C@H](O)C=O. The molecule has 15 heavy (non-hydrogen) atoms. The van der Waals surface area contributed by atoms with Crippen molar-refractivity contribution in [1.82, 2.24) is 0 Å². The van der Waals surface area contributed by atoms with Gasteiger partial charge in [0.05, 0.1) is 6.10 Å². The summed E-state index contributed by atoms with van der Waals surface area (Å²) in [5, 5.41) is 27.0. The van der Waals surface area contributed by atoms with Gasteiger partial charge >= 0.3 is 10.4 Å². The summed E-state index contributed by atoms with van der Waals surface area (Å²) in [6.45, 7) is 1.09. The van der Waals surface area contributed by atoms with E-state index in [9.17, 15) is 18.3 Å². The standard InChI is InChI=1S/C6H12O8S/c1-3(8)5(10)6(4(9)2-7)14-15(11,12)13/h2-6,8-10H,1H3,(H,11,12,13)/t3-,4+,5+,6-/m0/s1. The van der Waals surface area contributed by atoms with Gasteiger partial charge in [-0.05, 0) is 6.92 Å². The van der Waals surface area contributed by atoms with Crippen molar-refractivity contribution in [3.63, 3.8) is 0 Å². The first-order valence-electron chi connectivity index (χ1n) is 3.84. The molecule has 0 fully saturated rings. The Morgan fingerprint density at radius 2 is 1.73 bits per heavy atom. The monoisotopic (exact) mass is 244 g/mol. The molecule has 4 N–H and O–H groups in total. The molecule has 0 aliphatic rings. The maximum Gasteiger partial charge on any atom is 0.397 e. The first kappa shape index (κ1) is 14.4. The van der Waals surface area contributed by atoms with Gasteiger partial charge in [-0.2, -0.15) is 8.42 Å². The second-order valence-corrected chi connectivity index (χ2v) is 3.89. The van der Waals surface area contributed by atoms with E-state index in [1.165, 1.54) is 0 Å². The van der Waals surface area contributed by atoms with E-state index in [1.54, 1.807) is 0 Å². The Morgan fingerprint density at radius 1 is 1.27 bits per heavy atom. The highest BCUT2D eigenvalue weighted by Gasteiger charge is 2.34. The molecule has 0 bridgehead atoms. The van der Waals surface area contributed by atoms with Gasteiger partial charge in [-0.15, -0.1) is 0 Å². The van der Waals surface area contributed by atoms with Crippen LogP contribution in [0.5, 0.6) is 0 Å². The fraction of sp³-hybridized carbons (Fsp3) is 0.833.